The zero-order valence-corrected chi connectivity index (χ0v) is 12.9. The lowest BCUT2D eigenvalue weighted by molar-refractivity contribution is -0.108. The molecule has 1 saturated heterocycles. The molecule has 1 heterocycles. The van der Waals surface area contributed by atoms with Gasteiger partial charge in [0.1, 0.15) is 17.8 Å². The summed E-state index contributed by atoms with van der Waals surface area (Å²) in [4.78, 5) is 13.1. The molecule has 0 bridgehead atoms. The number of ether oxygens (including phenoxy) is 1. The average molecular weight is 295 g/mol. The Balaban J connectivity index is 1.69. The van der Waals surface area contributed by atoms with Gasteiger partial charge in [0.15, 0.2) is 0 Å². The summed E-state index contributed by atoms with van der Waals surface area (Å²) < 4.78 is 5.85. The zero-order chi connectivity index (χ0) is 15.4. The van der Waals surface area contributed by atoms with Crippen LogP contribution in [0.5, 0.6) is 11.5 Å². The highest BCUT2D eigenvalue weighted by molar-refractivity contribution is 5.56. The molecular formula is C19H21NO2. The van der Waals surface area contributed by atoms with E-state index >= 15 is 0 Å². The Morgan fingerprint density at radius 3 is 2.36 bits per heavy atom. The summed E-state index contributed by atoms with van der Waals surface area (Å²) in [5.41, 5.74) is 2.39. The Morgan fingerprint density at radius 2 is 1.73 bits per heavy atom. The molecule has 0 aromatic heterocycles. The summed E-state index contributed by atoms with van der Waals surface area (Å²) in [5, 5.41) is 0. The molecule has 3 heteroatoms. The second kappa shape index (κ2) is 6.65. The molecule has 2 aromatic rings. The van der Waals surface area contributed by atoms with Gasteiger partial charge in [-0.25, -0.2) is 0 Å². The van der Waals surface area contributed by atoms with Crippen LogP contribution in [-0.4, -0.2) is 18.9 Å². The fourth-order valence-corrected chi connectivity index (χ4v) is 2.98. The fourth-order valence-electron chi connectivity index (χ4n) is 2.98. The standard InChI is InChI=1S/C19H21NO2/c1-15-4-8-18(9-5-15)22-19-10-6-17(7-11-19)20-13-2-3-16(20)12-14-21/h4-11,14,16H,2-3,12-13H2,1H3. The van der Waals surface area contributed by atoms with E-state index in [0.29, 0.717) is 12.5 Å². The summed E-state index contributed by atoms with van der Waals surface area (Å²) in [5.74, 6) is 1.68. The van der Waals surface area contributed by atoms with Crippen LogP contribution >= 0.6 is 0 Å². The lowest BCUT2D eigenvalue weighted by atomic mass is 10.1. The Hall–Kier alpha value is -2.29. The number of benzene rings is 2. The number of carbonyl (C=O) groups excluding carboxylic acids is 1. The smallest absolute Gasteiger partial charge is 0.127 e. The first-order valence-electron chi connectivity index (χ1n) is 7.81. The van der Waals surface area contributed by atoms with Crippen LogP contribution in [0, 0.1) is 6.92 Å². The van der Waals surface area contributed by atoms with Crippen LogP contribution in [0.15, 0.2) is 48.5 Å². The minimum Gasteiger partial charge on any atom is -0.457 e. The van der Waals surface area contributed by atoms with E-state index in [4.69, 9.17) is 4.74 Å². The lowest BCUT2D eigenvalue weighted by Gasteiger charge is -2.25. The third-order valence-corrected chi connectivity index (χ3v) is 4.17. The minimum atomic E-state index is 0.348. The number of anilines is 1. The van der Waals surface area contributed by atoms with Crippen molar-refractivity contribution in [2.45, 2.75) is 32.2 Å². The zero-order valence-electron chi connectivity index (χ0n) is 12.9. The van der Waals surface area contributed by atoms with Gasteiger partial charge in [0.25, 0.3) is 0 Å². The van der Waals surface area contributed by atoms with Gasteiger partial charge in [-0.3, -0.25) is 0 Å². The van der Waals surface area contributed by atoms with Gasteiger partial charge in [-0.1, -0.05) is 17.7 Å². The molecule has 0 aliphatic carbocycles. The van der Waals surface area contributed by atoms with Crippen LogP contribution in [0.25, 0.3) is 0 Å². The summed E-state index contributed by atoms with van der Waals surface area (Å²) >= 11 is 0. The van der Waals surface area contributed by atoms with Crippen molar-refractivity contribution >= 4 is 12.0 Å². The highest BCUT2D eigenvalue weighted by atomic mass is 16.5. The molecule has 3 nitrogen and oxygen atoms in total. The second-order valence-electron chi connectivity index (χ2n) is 5.80. The van der Waals surface area contributed by atoms with Crippen LogP contribution in [0.2, 0.25) is 0 Å². The number of aryl methyl sites for hydroxylation is 1. The Kier molecular flexibility index (Phi) is 4.42. The van der Waals surface area contributed by atoms with Crippen molar-refractivity contribution in [3.05, 3.63) is 54.1 Å². The molecule has 1 fully saturated rings. The number of aldehydes is 1. The quantitative estimate of drug-likeness (QED) is 0.768. The van der Waals surface area contributed by atoms with Gasteiger partial charge in [0.2, 0.25) is 0 Å². The summed E-state index contributed by atoms with van der Waals surface area (Å²) in [6.07, 6.45) is 3.89. The van der Waals surface area contributed by atoms with Crippen LogP contribution < -0.4 is 9.64 Å². The summed E-state index contributed by atoms with van der Waals surface area (Å²) in [6.45, 7) is 3.08. The molecule has 114 valence electrons. The maximum atomic E-state index is 10.8. The van der Waals surface area contributed by atoms with E-state index in [1.807, 2.05) is 36.4 Å². The Labute approximate surface area is 131 Å². The van der Waals surface area contributed by atoms with Crippen molar-refractivity contribution < 1.29 is 9.53 Å². The van der Waals surface area contributed by atoms with Gasteiger partial charge >= 0.3 is 0 Å². The van der Waals surface area contributed by atoms with Crippen LogP contribution in [0.1, 0.15) is 24.8 Å². The topological polar surface area (TPSA) is 29.5 Å². The van der Waals surface area contributed by atoms with E-state index in [1.54, 1.807) is 0 Å². The third-order valence-electron chi connectivity index (χ3n) is 4.17. The third kappa shape index (κ3) is 3.30. The molecule has 22 heavy (non-hydrogen) atoms. The van der Waals surface area contributed by atoms with Crippen LogP contribution in [0.4, 0.5) is 5.69 Å². The van der Waals surface area contributed by atoms with E-state index in [1.165, 1.54) is 11.3 Å². The van der Waals surface area contributed by atoms with Crippen molar-refractivity contribution in [3.63, 3.8) is 0 Å². The van der Waals surface area contributed by atoms with E-state index in [0.717, 1.165) is 37.2 Å². The normalized spacial score (nSPS) is 17.5. The van der Waals surface area contributed by atoms with E-state index in [2.05, 4.69) is 24.0 Å². The first-order chi connectivity index (χ1) is 10.8. The molecule has 0 amide bonds. The molecule has 0 saturated carbocycles. The largest absolute Gasteiger partial charge is 0.457 e. The number of nitrogens with zero attached hydrogens (tertiary/aromatic N) is 1. The number of carbonyl (C=O) groups is 1. The molecule has 0 spiro atoms. The predicted molar refractivity (Wildman–Crippen MR) is 88.7 cm³/mol. The van der Waals surface area contributed by atoms with Crippen LogP contribution in [-0.2, 0) is 4.79 Å². The molecular weight excluding hydrogens is 274 g/mol. The monoisotopic (exact) mass is 295 g/mol. The molecule has 1 atom stereocenters. The predicted octanol–water partition coefficient (Wildman–Crippen LogP) is 4.35. The Bertz CT molecular complexity index is 619. The second-order valence-corrected chi connectivity index (χ2v) is 5.80. The molecule has 2 aromatic carbocycles. The number of rotatable bonds is 5. The van der Waals surface area contributed by atoms with Crippen molar-refractivity contribution in [3.8, 4) is 11.5 Å². The first-order valence-corrected chi connectivity index (χ1v) is 7.81. The van der Waals surface area contributed by atoms with Gasteiger partial charge in [-0.05, 0) is 56.2 Å². The SMILES string of the molecule is Cc1ccc(Oc2ccc(N3CCCC3CC=O)cc2)cc1. The van der Waals surface area contributed by atoms with Gasteiger partial charge in [0, 0.05) is 24.7 Å². The average Bonchev–Trinajstić information content (AvgIpc) is 2.99. The highest BCUT2D eigenvalue weighted by Gasteiger charge is 2.24. The van der Waals surface area contributed by atoms with Crippen molar-refractivity contribution in [1.29, 1.82) is 0 Å². The molecule has 3 rings (SSSR count). The van der Waals surface area contributed by atoms with E-state index in [-0.39, 0.29) is 0 Å². The Morgan fingerprint density at radius 1 is 1.09 bits per heavy atom. The number of hydrogen-bond donors (Lipinski definition) is 0. The summed E-state index contributed by atoms with van der Waals surface area (Å²) in [6, 6.07) is 16.5. The highest BCUT2D eigenvalue weighted by Crippen LogP contribution is 2.29. The van der Waals surface area contributed by atoms with Gasteiger partial charge < -0.3 is 14.4 Å². The van der Waals surface area contributed by atoms with Gasteiger partial charge in [-0.15, -0.1) is 0 Å². The van der Waals surface area contributed by atoms with E-state index in [9.17, 15) is 4.79 Å². The number of hydrogen-bond acceptors (Lipinski definition) is 3. The van der Waals surface area contributed by atoms with Gasteiger partial charge in [-0.2, -0.15) is 0 Å². The molecule has 1 aliphatic rings. The summed E-state index contributed by atoms with van der Waals surface area (Å²) in [7, 11) is 0. The fraction of sp³-hybridized carbons (Fsp3) is 0.316. The van der Waals surface area contributed by atoms with Crippen LogP contribution in [0.3, 0.4) is 0 Å². The first kappa shape index (κ1) is 14.6. The molecule has 0 radical (unpaired) electrons. The maximum Gasteiger partial charge on any atom is 0.127 e. The van der Waals surface area contributed by atoms with Crippen molar-refractivity contribution in [2.24, 2.45) is 0 Å². The van der Waals surface area contributed by atoms with Crippen molar-refractivity contribution in [2.75, 3.05) is 11.4 Å². The molecule has 1 aliphatic heterocycles. The minimum absolute atomic E-state index is 0.348. The molecule has 1 unspecified atom stereocenters. The lowest BCUT2D eigenvalue weighted by Crippen LogP contribution is -2.29. The van der Waals surface area contributed by atoms with Crippen molar-refractivity contribution in [1.82, 2.24) is 0 Å². The molecule has 0 N–H and O–H groups in total. The van der Waals surface area contributed by atoms with E-state index < -0.39 is 0 Å². The van der Waals surface area contributed by atoms with Gasteiger partial charge in [0.05, 0.1) is 0 Å². The maximum absolute atomic E-state index is 10.8.